The first-order valence-electron chi connectivity index (χ1n) is 5.95. The zero-order valence-corrected chi connectivity index (χ0v) is 11.4. The summed E-state index contributed by atoms with van der Waals surface area (Å²) in [5, 5.41) is 11.9. The summed E-state index contributed by atoms with van der Waals surface area (Å²) in [6.45, 7) is 3.00. The average Bonchev–Trinajstić information content (AvgIpc) is 2.34. The first-order chi connectivity index (χ1) is 9.04. The molecule has 0 aliphatic carbocycles. The number of ether oxygens (including phenoxy) is 1. The summed E-state index contributed by atoms with van der Waals surface area (Å²) in [5.74, 6) is -1.37. The molecule has 0 saturated heterocycles. The Kier molecular flexibility index (Phi) is 6.32. The Morgan fingerprint density at radius 1 is 1.42 bits per heavy atom. The molecule has 0 heterocycles. The van der Waals surface area contributed by atoms with E-state index in [1.165, 1.54) is 18.2 Å². The van der Waals surface area contributed by atoms with E-state index in [1.54, 1.807) is 0 Å². The molecule has 0 atom stereocenters. The molecule has 1 rings (SSSR count). The third kappa shape index (κ3) is 5.28. The molecule has 0 spiro atoms. The Bertz CT molecular complexity index is 462. The van der Waals surface area contributed by atoms with Crippen LogP contribution in [0.15, 0.2) is 18.2 Å². The molecule has 0 saturated carbocycles. The Hall–Kier alpha value is -1.59. The predicted octanol–water partition coefficient (Wildman–Crippen LogP) is 2.79. The number of carboxylic acid groups (broad SMARTS) is 1. The molecule has 1 amide bonds. The van der Waals surface area contributed by atoms with Gasteiger partial charge in [-0.05, 0) is 31.5 Å². The summed E-state index contributed by atoms with van der Waals surface area (Å²) in [6, 6.07) is 4.25. The molecule has 5 nitrogen and oxygen atoms in total. The highest BCUT2D eigenvalue weighted by atomic mass is 35.5. The fourth-order valence-electron chi connectivity index (χ4n) is 1.50. The van der Waals surface area contributed by atoms with E-state index in [1.807, 2.05) is 6.92 Å². The molecule has 1 aromatic rings. The Morgan fingerprint density at radius 3 is 2.79 bits per heavy atom. The Labute approximate surface area is 116 Å². The first-order valence-corrected chi connectivity index (χ1v) is 6.32. The van der Waals surface area contributed by atoms with E-state index in [-0.39, 0.29) is 23.6 Å². The quantitative estimate of drug-likeness (QED) is 0.755. The van der Waals surface area contributed by atoms with Gasteiger partial charge < -0.3 is 15.2 Å². The lowest BCUT2D eigenvalue weighted by atomic mass is 10.1. The van der Waals surface area contributed by atoms with Crippen molar-refractivity contribution in [2.24, 2.45) is 0 Å². The molecule has 0 aromatic heterocycles. The van der Waals surface area contributed by atoms with Crippen LogP contribution in [0, 0.1) is 0 Å². The molecule has 0 fully saturated rings. The highest BCUT2D eigenvalue weighted by molar-refractivity contribution is 6.31. The molecule has 0 aliphatic rings. The molecule has 1 aromatic carbocycles. The maximum atomic E-state index is 11.7. The van der Waals surface area contributed by atoms with Crippen LogP contribution in [-0.2, 0) is 9.53 Å². The van der Waals surface area contributed by atoms with E-state index < -0.39 is 5.97 Å². The van der Waals surface area contributed by atoms with Gasteiger partial charge in [-0.3, -0.25) is 4.79 Å². The number of benzene rings is 1. The SMILES string of the molecule is CCOCCCC(=O)Nc1cc(Cl)ccc1C(=O)O. The second kappa shape index (κ2) is 7.76. The highest BCUT2D eigenvalue weighted by Gasteiger charge is 2.12. The average molecular weight is 286 g/mol. The smallest absolute Gasteiger partial charge is 0.337 e. The topological polar surface area (TPSA) is 75.6 Å². The second-order valence-electron chi connectivity index (χ2n) is 3.84. The summed E-state index contributed by atoms with van der Waals surface area (Å²) in [6.07, 6.45) is 0.855. The van der Waals surface area contributed by atoms with Gasteiger partial charge in [0.05, 0.1) is 11.3 Å². The lowest BCUT2D eigenvalue weighted by molar-refractivity contribution is -0.116. The number of carbonyl (C=O) groups excluding carboxylic acids is 1. The van der Waals surface area contributed by atoms with E-state index in [0.717, 1.165) is 0 Å². The molecule has 19 heavy (non-hydrogen) atoms. The molecule has 104 valence electrons. The molecular weight excluding hydrogens is 270 g/mol. The zero-order valence-electron chi connectivity index (χ0n) is 10.6. The van der Waals surface area contributed by atoms with Gasteiger partial charge in [-0.2, -0.15) is 0 Å². The number of halogens is 1. The summed E-state index contributed by atoms with van der Waals surface area (Å²) in [5.41, 5.74) is 0.226. The standard InChI is InChI=1S/C13H16ClNO4/c1-2-19-7-3-4-12(16)15-11-8-9(14)5-6-10(11)13(17)18/h5-6,8H,2-4,7H2,1H3,(H,15,16)(H,17,18). The number of nitrogens with one attached hydrogen (secondary N) is 1. The number of carboxylic acids is 1. The maximum Gasteiger partial charge on any atom is 0.337 e. The van der Waals surface area contributed by atoms with Gasteiger partial charge in [0.25, 0.3) is 0 Å². The summed E-state index contributed by atoms with van der Waals surface area (Å²) >= 11 is 5.79. The molecule has 6 heteroatoms. The van der Waals surface area contributed by atoms with Crippen LogP contribution in [0.2, 0.25) is 5.02 Å². The van der Waals surface area contributed by atoms with Crippen molar-refractivity contribution in [3.05, 3.63) is 28.8 Å². The van der Waals surface area contributed by atoms with Crippen LogP contribution in [0.4, 0.5) is 5.69 Å². The first kappa shape index (κ1) is 15.5. The number of hydrogen-bond donors (Lipinski definition) is 2. The number of aromatic carboxylic acids is 1. The van der Waals surface area contributed by atoms with Crippen molar-refractivity contribution < 1.29 is 19.4 Å². The molecule has 0 aliphatic heterocycles. The van der Waals surface area contributed by atoms with E-state index >= 15 is 0 Å². The van der Waals surface area contributed by atoms with Crippen molar-refractivity contribution in [1.29, 1.82) is 0 Å². The van der Waals surface area contributed by atoms with Gasteiger partial charge in [0, 0.05) is 24.7 Å². The fraction of sp³-hybridized carbons (Fsp3) is 0.385. The summed E-state index contributed by atoms with van der Waals surface area (Å²) < 4.78 is 5.12. The predicted molar refractivity (Wildman–Crippen MR) is 72.8 cm³/mol. The van der Waals surface area contributed by atoms with E-state index in [2.05, 4.69) is 5.32 Å². The second-order valence-corrected chi connectivity index (χ2v) is 4.28. The molecule has 0 radical (unpaired) electrons. The highest BCUT2D eigenvalue weighted by Crippen LogP contribution is 2.21. The van der Waals surface area contributed by atoms with Crippen molar-refractivity contribution in [2.75, 3.05) is 18.5 Å². The molecular formula is C13H16ClNO4. The number of amides is 1. The minimum absolute atomic E-state index is 0.0163. The molecule has 2 N–H and O–H groups in total. The van der Waals surface area contributed by atoms with E-state index in [4.69, 9.17) is 21.4 Å². The number of anilines is 1. The van der Waals surface area contributed by atoms with Crippen molar-refractivity contribution >= 4 is 29.2 Å². The number of rotatable bonds is 7. The molecule has 0 unspecified atom stereocenters. The normalized spacial score (nSPS) is 10.2. The fourth-order valence-corrected chi connectivity index (χ4v) is 1.67. The third-order valence-corrected chi connectivity index (χ3v) is 2.62. The number of carbonyl (C=O) groups is 2. The van der Waals surface area contributed by atoms with Gasteiger partial charge in [-0.1, -0.05) is 11.6 Å². The van der Waals surface area contributed by atoms with Crippen molar-refractivity contribution in [3.63, 3.8) is 0 Å². The van der Waals surface area contributed by atoms with Crippen LogP contribution >= 0.6 is 11.6 Å². The lowest BCUT2D eigenvalue weighted by Gasteiger charge is -2.09. The van der Waals surface area contributed by atoms with Gasteiger partial charge in [-0.25, -0.2) is 4.79 Å². The van der Waals surface area contributed by atoms with Gasteiger partial charge in [0.15, 0.2) is 0 Å². The molecule has 0 bridgehead atoms. The Morgan fingerprint density at radius 2 is 2.16 bits per heavy atom. The van der Waals surface area contributed by atoms with Crippen molar-refractivity contribution in [3.8, 4) is 0 Å². The van der Waals surface area contributed by atoms with Gasteiger partial charge >= 0.3 is 5.97 Å². The largest absolute Gasteiger partial charge is 0.478 e. The van der Waals surface area contributed by atoms with Crippen LogP contribution in [0.5, 0.6) is 0 Å². The van der Waals surface area contributed by atoms with Crippen LogP contribution < -0.4 is 5.32 Å². The zero-order chi connectivity index (χ0) is 14.3. The van der Waals surface area contributed by atoms with Crippen LogP contribution in [-0.4, -0.2) is 30.2 Å². The third-order valence-electron chi connectivity index (χ3n) is 2.38. The van der Waals surface area contributed by atoms with Crippen LogP contribution in [0.1, 0.15) is 30.1 Å². The maximum absolute atomic E-state index is 11.7. The van der Waals surface area contributed by atoms with Gasteiger partial charge in [0.1, 0.15) is 0 Å². The van der Waals surface area contributed by atoms with Crippen LogP contribution in [0.3, 0.4) is 0 Å². The van der Waals surface area contributed by atoms with Crippen LogP contribution in [0.25, 0.3) is 0 Å². The minimum Gasteiger partial charge on any atom is -0.478 e. The van der Waals surface area contributed by atoms with Gasteiger partial charge in [0.2, 0.25) is 5.91 Å². The van der Waals surface area contributed by atoms with Crippen molar-refractivity contribution in [1.82, 2.24) is 0 Å². The Balaban J connectivity index is 2.62. The summed E-state index contributed by atoms with van der Waals surface area (Å²) in [4.78, 5) is 22.7. The lowest BCUT2D eigenvalue weighted by Crippen LogP contribution is -2.15. The summed E-state index contributed by atoms with van der Waals surface area (Å²) in [7, 11) is 0. The van der Waals surface area contributed by atoms with E-state index in [0.29, 0.717) is 24.7 Å². The van der Waals surface area contributed by atoms with E-state index in [9.17, 15) is 9.59 Å². The minimum atomic E-state index is -1.11. The van der Waals surface area contributed by atoms with Gasteiger partial charge in [-0.15, -0.1) is 0 Å². The number of hydrogen-bond acceptors (Lipinski definition) is 3. The monoisotopic (exact) mass is 285 g/mol. The van der Waals surface area contributed by atoms with Crippen molar-refractivity contribution in [2.45, 2.75) is 19.8 Å².